The van der Waals surface area contributed by atoms with Crippen molar-refractivity contribution in [3.8, 4) is 0 Å². The van der Waals surface area contributed by atoms with Crippen LogP contribution < -0.4 is 4.72 Å². The second-order valence-corrected chi connectivity index (χ2v) is 6.12. The number of aromatic nitrogens is 2. The van der Waals surface area contributed by atoms with Crippen molar-refractivity contribution in [2.24, 2.45) is 0 Å². The van der Waals surface area contributed by atoms with E-state index in [1.54, 1.807) is 6.92 Å². The largest absolute Gasteiger partial charge is 0.480 e. The van der Waals surface area contributed by atoms with Crippen LogP contribution in [0.5, 0.6) is 0 Å². The molecule has 0 spiro atoms. The molecule has 106 valence electrons. The summed E-state index contributed by atoms with van der Waals surface area (Å²) in [6.45, 7) is 1.91. The van der Waals surface area contributed by atoms with E-state index in [0.29, 0.717) is 24.8 Å². The molecule has 0 aromatic carbocycles. The lowest BCUT2D eigenvalue weighted by molar-refractivity contribution is -0.142. The van der Waals surface area contributed by atoms with Gasteiger partial charge in [-0.25, -0.2) is 0 Å². The Morgan fingerprint density at radius 3 is 2.89 bits per heavy atom. The van der Waals surface area contributed by atoms with Gasteiger partial charge in [-0.3, -0.25) is 14.6 Å². The Morgan fingerprint density at radius 1 is 1.58 bits per heavy atom. The molecule has 1 aromatic heterocycles. The molecule has 19 heavy (non-hydrogen) atoms. The second kappa shape index (κ2) is 5.17. The topological polar surface area (TPSA) is 115 Å². The van der Waals surface area contributed by atoms with Crippen LogP contribution in [0.3, 0.4) is 0 Å². The van der Waals surface area contributed by atoms with E-state index >= 15 is 0 Å². The maximum Gasteiger partial charge on any atom is 0.322 e. The second-order valence-electron chi connectivity index (χ2n) is 4.50. The number of carboxylic acid groups (broad SMARTS) is 1. The van der Waals surface area contributed by atoms with Crippen molar-refractivity contribution in [1.29, 1.82) is 0 Å². The number of aryl methyl sites for hydroxylation is 1. The van der Waals surface area contributed by atoms with E-state index in [1.165, 1.54) is 6.20 Å². The van der Waals surface area contributed by atoms with E-state index in [0.717, 1.165) is 4.31 Å². The molecular weight excluding hydrogens is 272 g/mol. The van der Waals surface area contributed by atoms with E-state index in [1.807, 2.05) is 0 Å². The number of carboxylic acids is 1. The molecular formula is C10H16N4O4S. The first-order chi connectivity index (χ1) is 8.92. The zero-order valence-corrected chi connectivity index (χ0v) is 11.3. The van der Waals surface area contributed by atoms with Crippen molar-refractivity contribution in [2.45, 2.75) is 32.2 Å². The van der Waals surface area contributed by atoms with E-state index in [4.69, 9.17) is 5.11 Å². The van der Waals surface area contributed by atoms with Crippen LogP contribution in [0.2, 0.25) is 0 Å². The Labute approximate surface area is 111 Å². The Balaban J connectivity index is 2.22. The highest BCUT2D eigenvalue weighted by Gasteiger charge is 2.37. The molecule has 1 aliphatic rings. The average molecular weight is 288 g/mol. The van der Waals surface area contributed by atoms with Crippen LogP contribution in [-0.2, 0) is 15.0 Å². The predicted octanol–water partition coefficient (Wildman–Crippen LogP) is 0.314. The van der Waals surface area contributed by atoms with E-state index in [-0.39, 0.29) is 12.4 Å². The summed E-state index contributed by atoms with van der Waals surface area (Å²) in [6.07, 6.45) is 3.19. The number of rotatable bonds is 4. The van der Waals surface area contributed by atoms with Crippen LogP contribution in [0.15, 0.2) is 6.20 Å². The number of anilines is 1. The van der Waals surface area contributed by atoms with Crippen LogP contribution in [0.25, 0.3) is 0 Å². The van der Waals surface area contributed by atoms with Crippen molar-refractivity contribution in [1.82, 2.24) is 14.5 Å². The van der Waals surface area contributed by atoms with Crippen LogP contribution in [0.1, 0.15) is 24.8 Å². The molecule has 0 amide bonds. The number of H-pyrrole nitrogens is 1. The Hall–Kier alpha value is -1.61. The predicted molar refractivity (Wildman–Crippen MR) is 67.8 cm³/mol. The fraction of sp³-hybridized carbons (Fsp3) is 0.600. The third-order valence-corrected chi connectivity index (χ3v) is 4.62. The summed E-state index contributed by atoms with van der Waals surface area (Å²) in [5.74, 6) is -0.860. The lowest BCUT2D eigenvalue weighted by atomic mass is 10.1. The van der Waals surface area contributed by atoms with Crippen LogP contribution >= 0.6 is 0 Å². The third-order valence-electron chi connectivity index (χ3n) is 3.11. The fourth-order valence-electron chi connectivity index (χ4n) is 2.08. The van der Waals surface area contributed by atoms with Crippen molar-refractivity contribution in [3.05, 3.63) is 11.8 Å². The molecule has 0 saturated carbocycles. The van der Waals surface area contributed by atoms with Gasteiger partial charge in [-0.15, -0.1) is 0 Å². The minimum Gasteiger partial charge on any atom is -0.480 e. The van der Waals surface area contributed by atoms with E-state index in [9.17, 15) is 13.2 Å². The van der Waals surface area contributed by atoms with Crippen molar-refractivity contribution in [3.63, 3.8) is 0 Å². The molecule has 1 atom stereocenters. The van der Waals surface area contributed by atoms with Crippen molar-refractivity contribution in [2.75, 3.05) is 11.3 Å². The molecule has 1 fully saturated rings. The van der Waals surface area contributed by atoms with Gasteiger partial charge in [0.15, 0.2) is 0 Å². The van der Waals surface area contributed by atoms with Crippen molar-refractivity contribution >= 4 is 22.0 Å². The first-order valence-corrected chi connectivity index (χ1v) is 7.38. The highest BCUT2D eigenvalue weighted by molar-refractivity contribution is 7.90. The zero-order valence-electron chi connectivity index (χ0n) is 10.5. The lowest BCUT2D eigenvalue weighted by Crippen LogP contribution is -2.50. The molecule has 0 bridgehead atoms. The number of aliphatic carboxylic acids is 1. The minimum absolute atomic E-state index is 0.208. The Kier molecular flexibility index (Phi) is 3.76. The summed E-state index contributed by atoms with van der Waals surface area (Å²) < 4.78 is 27.8. The van der Waals surface area contributed by atoms with Gasteiger partial charge in [-0.05, 0) is 26.2 Å². The summed E-state index contributed by atoms with van der Waals surface area (Å²) in [6, 6.07) is -1.01. The van der Waals surface area contributed by atoms with Gasteiger partial charge in [0.25, 0.3) is 0 Å². The van der Waals surface area contributed by atoms with Gasteiger partial charge >= 0.3 is 16.2 Å². The normalized spacial score (nSPS) is 21.2. The maximum absolute atomic E-state index is 12.2. The number of hydrogen-bond acceptors (Lipinski definition) is 4. The van der Waals surface area contributed by atoms with Gasteiger partial charge in [0.2, 0.25) is 0 Å². The number of nitrogens with one attached hydrogen (secondary N) is 2. The molecule has 0 aliphatic carbocycles. The maximum atomic E-state index is 12.2. The molecule has 1 unspecified atom stereocenters. The van der Waals surface area contributed by atoms with Crippen LogP contribution in [0, 0.1) is 6.92 Å². The lowest BCUT2D eigenvalue weighted by Gasteiger charge is -2.31. The molecule has 1 aliphatic heterocycles. The zero-order chi connectivity index (χ0) is 14.0. The average Bonchev–Trinajstić information content (AvgIpc) is 2.74. The van der Waals surface area contributed by atoms with Gasteiger partial charge in [0, 0.05) is 12.1 Å². The molecule has 1 aromatic rings. The monoisotopic (exact) mass is 288 g/mol. The number of nitrogens with zero attached hydrogens (tertiary/aromatic N) is 2. The Bertz CT molecular complexity index is 568. The molecule has 9 heteroatoms. The van der Waals surface area contributed by atoms with E-state index in [2.05, 4.69) is 14.9 Å². The molecule has 2 rings (SSSR count). The summed E-state index contributed by atoms with van der Waals surface area (Å²) >= 11 is 0. The van der Waals surface area contributed by atoms with Gasteiger partial charge in [-0.2, -0.15) is 17.8 Å². The minimum atomic E-state index is -3.89. The van der Waals surface area contributed by atoms with Gasteiger partial charge in [0.05, 0.1) is 6.20 Å². The highest BCUT2D eigenvalue weighted by atomic mass is 32.2. The third kappa shape index (κ3) is 2.87. The Morgan fingerprint density at radius 2 is 2.32 bits per heavy atom. The first-order valence-electron chi connectivity index (χ1n) is 5.94. The molecule has 0 radical (unpaired) electrons. The number of hydrogen-bond donors (Lipinski definition) is 3. The first kappa shape index (κ1) is 13.8. The van der Waals surface area contributed by atoms with Crippen LogP contribution in [-0.4, -0.2) is 46.6 Å². The van der Waals surface area contributed by atoms with Crippen LogP contribution in [0.4, 0.5) is 5.82 Å². The standard InChI is InChI=1S/C10H16N4O4S/c1-7-6-11-12-9(7)13-19(17,18)14-5-3-2-4-8(14)10(15)16/h6,8H,2-5H2,1H3,(H,15,16)(H2,11,12,13). The fourth-order valence-corrected chi connectivity index (χ4v) is 3.56. The van der Waals surface area contributed by atoms with Gasteiger partial charge < -0.3 is 5.11 Å². The number of piperidine rings is 1. The quantitative estimate of drug-likeness (QED) is 0.737. The van der Waals surface area contributed by atoms with Gasteiger partial charge in [0.1, 0.15) is 11.9 Å². The SMILES string of the molecule is Cc1cn[nH]c1NS(=O)(=O)N1CCCCC1C(=O)O. The highest BCUT2D eigenvalue weighted by Crippen LogP contribution is 2.22. The smallest absolute Gasteiger partial charge is 0.322 e. The number of aromatic amines is 1. The molecule has 8 nitrogen and oxygen atoms in total. The molecule has 3 N–H and O–H groups in total. The van der Waals surface area contributed by atoms with Gasteiger partial charge in [-0.1, -0.05) is 0 Å². The summed E-state index contributed by atoms with van der Waals surface area (Å²) in [7, 11) is -3.89. The molecule has 1 saturated heterocycles. The number of carbonyl (C=O) groups is 1. The summed E-state index contributed by atoms with van der Waals surface area (Å²) in [4.78, 5) is 11.1. The van der Waals surface area contributed by atoms with Crippen molar-refractivity contribution < 1.29 is 18.3 Å². The summed E-state index contributed by atoms with van der Waals surface area (Å²) in [5, 5.41) is 15.3. The summed E-state index contributed by atoms with van der Waals surface area (Å²) in [5.41, 5.74) is 0.646. The molecule has 2 heterocycles. The van der Waals surface area contributed by atoms with E-state index < -0.39 is 22.2 Å².